The number of nitrogens with zero attached hydrogens (tertiary/aromatic N) is 4. The molecule has 3 aromatic carbocycles. The SMILES string of the molecule is Cc1ccc(C(c2ccc3c(cnn3-c3ccc(F)cc3)c2)C(C)(C)C(=O)Nc2nncs2)cc1. The third-order valence-corrected chi connectivity index (χ3v) is 6.90. The minimum atomic E-state index is -0.804. The van der Waals surface area contributed by atoms with Crippen LogP contribution in [0.15, 0.2) is 78.4 Å². The number of anilines is 1. The van der Waals surface area contributed by atoms with Crippen LogP contribution in [0, 0.1) is 18.2 Å². The minimum absolute atomic E-state index is 0.137. The summed E-state index contributed by atoms with van der Waals surface area (Å²) in [4.78, 5) is 13.4. The lowest BCUT2D eigenvalue weighted by Crippen LogP contribution is -2.37. The van der Waals surface area contributed by atoms with Gasteiger partial charge in [-0.15, -0.1) is 10.2 Å². The molecule has 1 unspecified atom stereocenters. The van der Waals surface area contributed by atoms with Crippen LogP contribution in [-0.2, 0) is 4.79 Å². The summed E-state index contributed by atoms with van der Waals surface area (Å²) in [5, 5.41) is 16.6. The van der Waals surface area contributed by atoms with Crippen molar-refractivity contribution in [3.05, 3.63) is 101 Å². The summed E-state index contributed by atoms with van der Waals surface area (Å²) in [5.74, 6) is -0.654. The predicted molar refractivity (Wildman–Crippen MR) is 136 cm³/mol. The average Bonchev–Trinajstić information content (AvgIpc) is 3.51. The van der Waals surface area contributed by atoms with E-state index in [0.717, 1.165) is 33.3 Å². The van der Waals surface area contributed by atoms with Crippen molar-refractivity contribution in [2.24, 2.45) is 5.41 Å². The first-order valence-corrected chi connectivity index (χ1v) is 12.1. The first-order valence-electron chi connectivity index (χ1n) is 11.2. The summed E-state index contributed by atoms with van der Waals surface area (Å²) in [6.07, 6.45) is 1.79. The molecule has 8 heteroatoms. The molecule has 176 valence electrons. The van der Waals surface area contributed by atoms with E-state index in [0.29, 0.717) is 5.13 Å². The van der Waals surface area contributed by atoms with Gasteiger partial charge in [-0.05, 0) is 54.4 Å². The standard InChI is InChI=1S/C27H24FN5OS/c1-17-4-6-18(7-5-17)24(27(2,3)25(34)31-26-32-29-16-35-26)19-8-13-23-20(14-19)15-30-33(23)22-11-9-21(28)10-12-22/h4-16,24H,1-3H3,(H,31,32,34). The van der Waals surface area contributed by atoms with Gasteiger partial charge in [-0.1, -0.05) is 61.1 Å². The zero-order valence-corrected chi connectivity index (χ0v) is 20.4. The molecule has 35 heavy (non-hydrogen) atoms. The van der Waals surface area contributed by atoms with Crippen LogP contribution in [0.2, 0.25) is 0 Å². The number of hydrogen-bond donors (Lipinski definition) is 1. The number of benzene rings is 3. The van der Waals surface area contributed by atoms with Crippen molar-refractivity contribution in [1.82, 2.24) is 20.0 Å². The second-order valence-corrected chi connectivity index (χ2v) is 9.95. The van der Waals surface area contributed by atoms with Crippen LogP contribution < -0.4 is 5.32 Å². The van der Waals surface area contributed by atoms with Gasteiger partial charge in [0, 0.05) is 11.3 Å². The number of nitrogens with one attached hydrogen (secondary N) is 1. The first-order chi connectivity index (χ1) is 16.8. The zero-order valence-electron chi connectivity index (χ0n) is 19.6. The second kappa shape index (κ2) is 9.03. The van der Waals surface area contributed by atoms with E-state index in [2.05, 4.69) is 50.9 Å². The monoisotopic (exact) mass is 485 g/mol. The molecule has 0 radical (unpaired) electrons. The Labute approximate surface area is 206 Å². The van der Waals surface area contributed by atoms with Crippen LogP contribution in [0.25, 0.3) is 16.6 Å². The predicted octanol–water partition coefficient (Wildman–Crippen LogP) is 6.12. The molecular formula is C27H24FN5OS. The molecule has 1 amide bonds. The van der Waals surface area contributed by atoms with Crippen molar-refractivity contribution in [2.45, 2.75) is 26.7 Å². The molecule has 0 saturated carbocycles. The van der Waals surface area contributed by atoms with E-state index < -0.39 is 5.41 Å². The number of rotatable bonds is 6. The molecular weight excluding hydrogens is 461 g/mol. The van der Waals surface area contributed by atoms with Crippen molar-refractivity contribution in [3.8, 4) is 5.69 Å². The van der Waals surface area contributed by atoms with Gasteiger partial charge in [-0.2, -0.15) is 5.10 Å². The Morgan fingerprint density at radius 3 is 2.43 bits per heavy atom. The maximum Gasteiger partial charge on any atom is 0.232 e. The number of fused-ring (bicyclic) bond motifs is 1. The maximum absolute atomic E-state index is 13.4. The van der Waals surface area contributed by atoms with Crippen molar-refractivity contribution in [1.29, 1.82) is 0 Å². The number of carbonyl (C=O) groups is 1. The largest absolute Gasteiger partial charge is 0.300 e. The van der Waals surface area contributed by atoms with E-state index in [4.69, 9.17) is 0 Å². The molecule has 2 heterocycles. The molecule has 0 spiro atoms. The number of hydrogen-bond acceptors (Lipinski definition) is 5. The number of aryl methyl sites for hydroxylation is 1. The highest BCUT2D eigenvalue weighted by Crippen LogP contribution is 2.43. The smallest absolute Gasteiger partial charge is 0.232 e. The normalized spacial score (nSPS) is 12.6. The third-order valence-electron chi connectivity index (χ3n) is 6.29. The second-order valence-electron chi connectivity index (χ2n) is 9.11. The van der Waals surface area contributed by atoms with Crippen LogP contribution in [0.3, 0.4) is 0 Å². The fourth-order valence-electron chi connectivity index (χ4n) is 4.42. The van der Waals surface area contributed by atoms with E-state index >= 15 is 0 Å². The molecule has 2 aromatic heterocycles. The molecule has 5 rings (SSSR count). The third kappa shape index (κ3) is 4.44. The van der Waals surface area contributed by atoms with Gasteiger partial charge in [0.2, 0.25) is 11.0 Å². The Morgan fingerprint density at radius 1 is 1.03 bits per heavy atom. The van der Waals surface area contributed by atoms with E-state index in [9.17, 15) is 9.18 Å². The molecule has 0 aliphatic rings. The van der Waals surface area contributed by atoms with E-state index in [-0.39, 0.29) is 17.6 Å². The molecule has 1 N–H and O–H groups in total. The summed E-state index contributed by atoms with van der Waals surface area (Å²) in [5.41, 5.74) is 5.66. The van der Waals surface area contributed by atoms with Crippen LogP contribution in [0.1, 0.15) is 36.5 Å². The van der Waals surface area contributed by atoms with Crippen molar-refractivity contribution in [3.63, 3.8) is 0 Å². The molecule has 0 aliphatic heterocycles. The van der Waals surface area contributed by atoms with Gasteiger partial charge >= 0.3 is 0 Å². The van der Waals surface area contributed by atoms with Crippen molar-refractivity contribution >= 4 is 33.3 Å². The maximum atomic E-state index is 13.4. The van der Waals surface area contributed by atoms with Crippen LogP contribution in [0.4, 0.5) is 9.52 Å². The number of carbonyl (C=O) groups excluding carboxylic acids is 1. The lowest BCUT2D eigenvalue weighted by Gasteiger charge is -2.34. The summed E-state index contributed by atoms with van der Waals surface area (Å²) < 4.78 is 15.2. The number of amides is 1. The summed E-state index contributed by atoms with van der Waals surface area (Å²) in [6, 6.07) is 20.6. The number of aromatic nitrogens is 4. The quantitative estimate of drug-likeness (QED) is 0.314. The highest BCUT2D eigenvalue weighted by molar-refractivity contribution is 7.13. The topological polar surface area (TPSA) is 72.7 Å². The van der Waals surface area contributed by atoms with E-state index in [1.54, 1.807) is 28.5 Å². The minimum Gasteiger partial charge on any atom is -0.300 e. The van der Waals surface area contributed by atoms with Gasteiger partial charge in [0.1, 0.15) is 11.3 Å². The van der Waals surface area contributed by atoms with Gasteiger partial charge in [0.05, 0.1) is 22.8 Å². The molecule has 5 aromatic rings. The van der Waals surface area contributed by atoms with Gasteiger partial charge in [-0.3, -0.25) is 4.79 Å². The molecule has 0 fully saturated rings. The Hall–Kier alpha value is -3.91. The van der Waals surface area contributed by atoms with Gasteiger partial charge < -0.3 is 5.32 Å². The Kier molecular flexibility index (Phi) is 5.90. The molecule has 0 saturated heterocycles. The van der Waals surface area contributed by atoms with Gasteiger partial charge in [0.25, 0.3) is 0 Å². The fraction of sp³-hybridized carbons (Fsp3) is 0.185. The van der Waals surface area contributed by atoms with Crippen LogP contribution >= 0.6 is 11.3 Å². The summed E-state index contributed by atoms with van der Waals surface area (Å²) in [6.45, 7) is 5.93. The first kappa shape index (κ1) is 22.9. The molecule has 0 aliphatic carbocycles. The van der Waals surface area contributed by atoms with E-state index in [1.165, 1.54) is 23.5 Å². The number of halogens is 1. The van der Waals surface area contributed by atoms with E-state index in [1.807, 2.05) is 32.9 Å². The van der Waals surface area contributed by atoms with Crippen molar-refractivity contribution in [2.75, 3.05) is 5.32 Å². The summed E-state index contributed by atoms with van der Waals surface area (Å²) >= 11 is 1.29. The van der Waals surface area contributed by atoms with Gasteiger partial charge in [0.15, 0.2) is 0 Å². The lowest BCUT2D eigenvalue weighted by molar-refractivity contribution is -0.124. The van der Waals surface area contributed by atoms with Gasteiger partial charge in [-0.25, -0.2) is 9.07 Å². The van der Waals surface area contributed by atoms with Crippen LogP contribution in [0.5, 0.6) is 0 Å². The Balaban J connectivity index is 1.58. The highest BCUT2D eigenvalue weighted by atomic mass is 32.1. The Morgan fingerprint density at radius 2 is 1.74 bits per heavy atom. The highest BCUT2D eigenvalue weighted by Gasteiger charge is 2.39. The van der Waals surface area contributed by atoms with Crippen molar-refractivity contribution < 1.29 is 9.18 Å². The lowest BCUT2D eigenvalue weighted by atomic mass is 9.70. The molecule has 0 bridgehead atoms. The summed E-state index contributed by atoms with van der Waals surface area (Å²) in [7, 11) is 0. The molecule has 1 atom stereocenters. The zero-order chi connectivity index (χ0) is 24.6. The van der Waals surface area contributed by atoms with Crippen LogP contribution in [-0.4, -0.2) is 25.9 Å². The Bertz CT molecular complexity index is 1470. The fourth-order valence-corrected chi connectivity index (χ4v) is 4.86. The molecule has 6 nitrogen and oxygen atoms in total. The average molecular weight is 486 g/mol.